The van der Waals surface area contributed by atoms with Gasteiger partial charge in [-0.25, -0.2) is 8.42 Å². The highest BCUT2D eigenvalue weighted by Gasteiger charge is 2.31. The molecule has 0 bridgehead atoms. The first-order chi connectivity index (χ1) is 18.9. The minimum atomic E-state index is -3.60. The van der Waals surface area contributed by atoms with E-state index in [1.807, 2.05) is 56.3 Å². The fraction of sp³-hybridized carbons (Fsp3) is 0.333. The van der Waals surface area contributed by atoms with Crippen LogP contribution < -0.4 is 9.62 Å². The van der Waals surface area contributed by atoms with Crippen molar-refractivity contribution in [3.05, 3.63) is 99.0 Å². The van der Waals surface area contributed by atoms with Crippen LogP contribution >= 0.6 is 23.2 Å². The van der Waals surface area contributed by atoms with Crippen LogP contribution in [0.25, 0.3) is 0 Å². The zero-order chi connectivity index (χ0) is 29.4. The number of benzene rings is 3. The molecule has 0 heterocycles. The fourth-order valence-electron chi connectivity index (χ4n) is 4.56. The Morgan fingerprint density at radius 1 is 0.925 bits per heavy atom. The van der Waals surface area contributed by atoms with Gasteiger partial charge in [0, 0.05) is 48.6 Å². The molecule has 0 spiro atoms. The number of hydrogen-bond donors (Lipinski definition) is 1. The Morgan fingerprint density at radius 2 is 1.55 bits per heavy atom. The standard InChI is InChI=1S/C30H35Cl2N3O4S/c1-21-11-8-16-27(22(21)2)35(40(4,38)39)18-10-17-29(36)34(20-24-25(31)14-9-15-26(24)32)28(30(37)33-3)19-23-12-6-5-7-13-23/h5-9,11-16,28H,10,17-20H2,1-4H3,(H,33,37)/t28-/m1/s1. The molecule has 10 heteroatoms. The van der Waals surface area contributed by atoms with Crippen LogP contribution in [0.2, 0.25) is 10.0 Å². The predicted octanol–water partition coefficient (Wildman–Crippen LogP) is 5.54. The van der Waals surface area contributed by atoms with Gasteiger partial charge in [-0.3, -0.25) is 13.9 Å². The molecule has 0 aromatic heterocycles. The Morgan fingerprint density at radius 3 is 2.15 bits per heavy atom. The lowest BCUT2D eigenvalue weighted by Gasteiger charge is -2.32. The average Bonchev–Trinajstić information content (AvgIpc) is 2.91. The van der Waals surface area contributed by atoms with Gasteiger partial charge in [-0.1, -0.05) is 71.7 Å². The van der Waals surface area contributed by atoms with E-state index in [0.29, 0.717) is 21.3 Å². The summed E-state index contributed by atoms with van der Waals surface area (Å²) >= 11 is 12.9. The number of carbonyl (C=O) groups is 2. The largest absolute Gasteiger partial charge is 0.357 e. The number of nitrogens with one attached hydrogen (secondary N) is 1. The summed E-state index contributed by atoms with van der Waals surface area (Å²) in [6.07, 6.45) is 1.70. The summed E-state index contributed by atoms with van der Waals surface area (Å²) in [6.45, 7) is 3.93. The maximum atomic E-state index is 13.8. The normalized spacial score (nSPS) is 12.1. The number of hydrogen-bond acceptors (Lipinski definition) is 4. The summed E-state index contributed by atoms with van der Waals surface area (Å²) in [7, 11) is -2.07. The Kier molecular flexibility index (Phi) is 11.0. The topological polar surface area (TPSA) is 86.8 Å². The maximum Gasteiger partial charge on any atom is 0.242 e. The summed E-state index contributed by atoms with van der Waals surface area (Å²) in [5, 5.41) is 3.45. The van der Waals surface area contributed by atoms with Crippen LogP contribution in [0.5, 0.6) is 0 Å². The van der Waals surface area contributed by atoms with Crippen LogP contribution in [0.4, 0.5) is 5.69 Å². The second-order valence-corrected chi connectivity index (χ2v) is 12.4. The van der Waals surface area contributed by atoms with Crippen molar-refractivity contribution in [1.29, 1.82) is 0 Å². The highest BCUT2D eigenvalue weighted by Crippen LogP contribution is 2.28. The van der Waals surface area contributed by atoms with E-state index in [0.717, 1.165) is 22.9 Å². The summed E-state index contributed by atoms with van der Waals surface area (Å²) in [6, 6.07) is 19.2. The van der Waals surface area contributed by atoms with E-state index in [4.69, 9.17) is 23.2 Å². The van der Waals surface area contributed by atoms with Crippen LogP contribution in [0.3, 0.4) is 0 Å². The minimum absolute atomic E-state index is 0.0151. The molecule has 214 valence electrons. The van der Waals surface area contributed by atoms with Crippen molar-refractivity contribution in [2.45, 2.75) is 45.7 Å². The van der Waals surface area contributed by atoms with E-state index < -0.39 is 16.1 Å². The molecule has 2 amide bonds. The van der Waals surface area contributed by atoms with Gasteiger partial charge in [0.15, 0.2) is 0 Å². The first kappa shape index (κ1) is 31.5. The van der Waals surface area contributed by atoms with Gasteiger partial charge in [0.1, 0.15) is 6.04 Å². The number of carbonyl (C=O) groups excluding carboxylic acids is 2. The molecule has 0 aliphatic heterocycles. The van der Waals surface area contributed by atoms with Crippen LogP contribution in [-0.2, 0) is 32.6 Å². The van der Waals surface area contributed by atoms with Gasteiger partial charge in [-0.05, 0) is 55.2 Å². The predicted molar refractivity (Wildman–Crippen MR) is 162 cm³/mol. The monoisotopic (exact) mass is 603 g/mol. The Bertz CT molecular complexity index is 1430. The van der Waals surface area contributed by atoms with Crippen molar-refractivity contribution in [2.24, 2.45) is 0 Å². The zero-order valence-electron chi connectivity index (χ0n) is 23.2. The molecule has 0 aliphatic rings. The molecule has 7 nitrogen and oxygen atoms in total. The number of likely N-dealkylation sites (N-methyl/N-ethyl adjacent to an activating group) is 1. The zero-order valence-corrected chi connectivity index (χ0v) is 25.5. The fourth-order valence-corrected chi connectivity index (χ4v) is 6.10. The van der Waals surface area contributed by atoms with Crippen molar-refractivity contribution in [2.75, 3.05) is 24.2 Å². The maximum absolute atomic E-state index is 13.8. The van der Waals surface area contributed by atoms with Gasteiger partial charge >= 0.3 is 0 Å². The molecule has 3 aromatic carbocycles. The van der Waals surface area contributed by atoms with Gasteiger partial charge in [0.05, 0.1) is 11.9 Å². The average molecular weight is 605 g/mol. The SMILES string of the molecule is CNC(=O)[C@@H](Cc1ccccc1)N(Cc1c(Cl)cccc1Cl)C(=O)CCCN(c1cccc(C)c1C)S(C)(=O)=O. The molecule has 0 radical (unpaired) electrons. The highest BCUT2D eigenvalue weighted by molar-refractivity contribution is 7.92. The second-order valence-electron chi connectivity index (χ2n) is 9.70. The van der Waals surface area contributed by atoms with E-state index in [2.05, 4.69) is 5.32 Å². The van der Waals surface area contributed by atoms with E-state index in [1.165, 1.54) is 16.3 Å². The van der Waals surface area contributed by atoms with Crippen LogP contribution in [0.1, 0.15) is 35.1 Å². The van der Waals surface area contributed by atoms with Gasteiger partial charge in [0.2, 0.25) is 21.8 Å². The first-order valence-corrected chi connectivity index (χ1v) is 15.6. The highest BCUT2D eigenvalue weighted by atomic mass is 35.5. The van der Waals surface area contributed by atoms with Crippen molar-refractivity contribution in [1.82, 2.24) is 10.2 Å². The number of amides is 2. The Balaban J connectivity index is 1.91. The summed E-state index contributed by atoms with van der Waals surface area (Å²) in [4.78, 5) is 28.4. The van der Waals surface area contributed by atoms with E-state index in [-0.39, 0.29) is 44.2 Å². The lowest BCUT2D eigenvalue weighted by Crippen LogP contribution is -2.50. The first-order valence-electron chi connectivity index (χ1n) is 13.0. The molecule has 0 saturated heterocycles. The Hall–Kier alpha value is -3.07. The lowest BCUT2D eigenvalue weighted by molar-refractivity contribution is -0.141. The van der Waals surface area contributed by atoms with Gasteiger partial charge in [0.25, 0.3) is 0 Å². The van der Waals surface area contributed by atoms with Gasteiger partial charge in [-0.15, -0.1) is 0 Å². The number of rotatable bonds is 12. The van der Waals surface area contributed by atoms with Gasteiger partial charge in [-0.2, -0.15) is 0 Å². The molecule has 0 saturated carbocycles. The third-order valence-corrected chi connectivity index (χ3v) is 8.79. The third-order valence-electron chi connectivity index (χ3n) is 6.90. The molecule has 0 fully saturated rings. The summed E-state index contributed by atoms with van der Waals surface area (Å²) in [5.74, 6) is -0.636. The molecule has 3 rings (SSSR count). The molecule has 1 atom stereocenters. The van der Waals surface area contributed by atoms with E-state index in [9.17, 15) is 18.0 Å². The van der Waals surface area contributed by atoms with Crippen molar-refractivity contribution in [3.8, 4) is 0 Å². The van der Waals surface area contributed by atoms with Crippen molar-refractivity contribution >= 4 is 50.7 Å². The molecule has 0 unspecified atom stereocenters. The van der Waals surface area contributed by atoms with Crippen LogP contribution in [-0.4, -0.2) is 51.0 Å². The second kappa shape index (κ2) is 14.0. The lowest BCUT2D eigenvalue weighted by atomic mass is 10.0. The summed E-state index contributed by atoms with van der Waals surface area (Å²) < 4.78 is 26.7. The number of aryl methyl sites for hydroxylation is 1. The molecule has 3 aromatic rings. The number of nitrogens with zero attached hydrogens (tertiary/aromatic N) is 2. The van der Waals surface area contributed by atoms with Gasteiger partial charge < -0.3 is 10.2 Å². The number of sulfonamides is 1. The Labute approximate surface area is 247 Å². The molecule has 1 N–H and O–H groups in total. The minimum Gasteiger partial charge on any atom is -0.357 e. The molecule has 40 heavy (non-hydrogen) atoms. The smallest absolute Gasteiger partial charge is 0.242 e. The summed E-state index contributed by atoms with van der Waals surface area (Å²) in [5.41, 5.74) is 3.84. The van der Waals surface area contributed by atoms with E-state index in [1.54, 1.807) is 24.3 Å². The quantitative estimate of drug-likeness (QED) is 0.294. The molecular formula is C30H35Cl2N3O4S. The van der Waals surface area contributed by atoms with Crippen LogP contribution in [0.15, 0.2) is 66.7 Å². The van der Waals surface area contributed by atoms with Crippen molar-refractivity contribution in [3.63, 3.8) is 0 Å². The number of halogens is 2. The van der Waals surface area contributed by atoms with Crippen LogP contribution in [0, 0.1) is 13.8 Å². The molecule has 0 aliphatic carbocycles. The third kappa shape index (κ3) is 7.99. The number of anilines is 1. The van der Waals surface area contributed by atoms with Crippen molar-refractivity contribution < 1.29 is 18.0 Å². The molecular weight excluding hydrogens is 569 g/mol. The van der Waals surface area contributed by atoms with E-state index >= 15 is 0 Å².